The predicted molar refractivity (Wildman–Crippen MR) is 143 cm³/mol. The van der Waals surface area contributed by atoms with Gasteiger partial charge in [0.05, 0.1) is 30.5 Å². The van der Waals surface area contributed by atoms with Crippen LogP contribution in [0.15, 0.2) is 60.7 Å². The van der Waals surface area contributed by atoms with Crippen LogP contribution in [0, 0.1) is 6.92 Å². The van der Waals surface area contributed by atoms with Gasteiger partial charge in [0, 0.05) is 0 Å². The standard InChI is InChI=1S/C28H31N5O4/c1-17-12-13-19-8-4-5-9-20(19)21(17)15-33-24-11-7-6-10-23(24)32(26(35)14-25(29)34)16-22(28(33)37)31-27(36)18(2)30-3/h4-13,18,22,30H,14-16H2,1-3H3,(H2,29,34)(H,31,36)/t18-,22-/m0/s1. The highest BCUT2D eigenvalue weighted by atomic mass is 16.2. The first-order chi connectivity index (χ1) is 17.7. The zero-order valence-electron chi connectivity index (χ0n) is 21.2. The van der Waals surface area contributed by atoms with E-state index in [-0.39, 0.29) is 24.9 Å². The zero-order valence-corrected chi connectivity index (χ0v) is 21.2. The number of para-hydroxylation sites is 2. The molecule has 0 saturated heterocycles. The molecule has 1 aliphatic heterocycles. The Labute approximate surface area is 215 Å². The van der Waals surface area contributed by atoms with E-state index in [0.29, 0.717) is 11.4 Å². The Balaban J connectivity index is 1.84. The number of benzene rings is 3. The van der Waals surface area contributed by atoms with E-state index in [1.165, 1.54) is 4.90 Å². The predicted octanol–water partition coefficient (Wildman–Crippen LogP) is 2.00. The summed E-state index contributed by atoms with van der Waals surface area (Å²) >= 11 is 0. The van der Waals surface area contributed by atoms with Crippen molar-refractivity contribution in [1.82, 2.24) is 10.6 Å². The molecule has 1 heterocycles. The van der Waals surface area contributed by atoms with Crippen molar-refractivity contribution in [3.05, 3.63) is 71.8 Å². The molecule has 0 fully saturated rings. The molecule has 0 spiro atoms. The first-order valence-electron chi connectivity index (χ1n) is 12.1. The van der Waals surface area contributed by atoms with Gasteiger partial charge < -0.3 is 26.2 Å². The summed E-state index contributed by atoms with van der Waals surface area (Å²) in [5.41, 5.74) is 8.28. The van der Waals surface area contributed by atoms with Gasteiger partial charge in [-0.25, -0.2) is 0 Å². The highest BCUT2D eigenvalue weighted by molar-refractivity contribution is 6.11. The maximum absolute atomic E-state index is 14.1. The van der Waals surface area contributed by atoms with Crippen molar-refractivity contribution >= 4 is 45.8 Å². The number of amides is 4. The van der Waals surface area contributed by atoms with Crippen LogP contribution in [0.3, 0.4) is 0 Å². The van der Waals surface area contributed by atoms with Gasteiger partial charge in [0.2, 0.25) is 17.7 Å². The minimum atomic E-state index is -1.04. The molecule has 0 unspecified atom stereocenters. The first-order valence-corrected chi connectivity index (χ1v) is 12.1. The van der Waals surface area contributed by atoms with Crippen molar-refractivity contribution in [3.63, 3.8) is 0 Å². The summed E-state index contributed by atoms with van der Waals surface area (Å²) in [5, 5.41) is 7.72. The number of rotatable bonds is 7. The van der Waals surface area contributed by atoms with E-state index in [1.54, 1.807) is 43.1 Å². The fraction of sp³-hybridized carbons (Fsp3) is 0.286. The summed E-state index contributed by atoms with van der Waals surface area (Å²) in [5.74, 6) is -2.05. The van der Waals surface area contributed by atoms with Crippen molar-refractivity contribution in [2.75, 3.05) is 23.4 Å². The van der Waals surface area contributed by atoms with Crippen LogP contribution in [0.4, 0.5) is 11.4 Å². The summed E-state index contributed by atoms with van der Waals surface area (Å²) in [6.45, 7) is 3.77. The van der Waals surface area contributed by atoms with E-state index in [2.05, 4.69) is 10.6 Å². The van der Waals surface area contributed by atoms with E-state index in [4.69, 9.17) is 5.73 Å². The monoisotopic (exact) mass is 501 g/mol. The molecule has 4 N–H and O–H groups in total. The number of nitrogens with zero attached hydrogens (tertiary/aromatic N) is 2. The molecule has 0 bridgehead atoms. The van der Waals surface area contributed by atoms with Crippen LogP contribution in [-0.2, 0) is 25.7 Å². The van der Waals surface area contributed by atoms with Crippen LogP contribution in [0.2, 0.25) is 0 Å². The van der Waals surface area contributed by atoms with Crippen LogP contribution in [0.5, 0.6) is 0 Å². The molecule has 1 aliphatic rings. The van der Waals surface area contributed by atoms with Gasteiger partial charge in [-0.3, -0.25) is 19.2 Å². The molecular weight excluding hydrogens is 470 g/mol. The third kappa shape index (κ3) is 5.31. The Hall–Kier alpha value is -4.24. The molecule has 9 nitrogen and oxygen atoms in total. The lowest BCUT2D eigenvalue weighted by Crippen LogP contribution is -2.56. The lowest BCUT2D eigenvalue weighted by atomic mass is 9.99. The number of fused-ring (bicyclic) bond motifs is 2. The molecule has 3 aromatic carbocycles. The quantitative estimate of drug-likeness (QED) is 0.427. The Bertz CT molecular complexity index is 1370. The topological polar surface area (TPSA) is 125 Å². The molecule has 37 heavy (non-hydrogen) atoms. The maximum Gasteiger partial charge on any atom is 0.251 e. The lowest BCUT2D eigenvalue weighted by molar-refractivity contribution is -0.129. The number of hydrogen-bond donors (Lipinski definition) is 3. The van der Waals surface area contributed by atoms with Crippen molar-refractivity contribution in [1.29, 1.82) is 0 Å². The molecular formula is C28H31N5O4. The summed E-state index contributed by atoms with van der Waals surface area (Å²) in [7, 11) is 1.65. The molecule has 192 valence electrons. The number of hydrogen-bond acceptors (Lipinski definition) is 5. The molecule has 2 atom stereocenters. The average Bonchev–Trinajstić information content (AvgIpc) is 2.99. The third-order valence-corrected chi connectivity index (χ3v) is 6.75. The molecule has 9 heteroatoms. The van der Waals surface area contributed by atoms with E-state index in [1.807, 2.05) is 43.3 Å². The zero-order chi connectivity index (χ0) is 26.7. The second kappa shape index (κ2) is 10.8. The van der Waals surface area contributed by atoms with Gasteiger partial charge >= 0.3 is 0 Å². The number of primary amides is 1. The number of carbonyl (C=O) groups is 4. The molecule has 3 aromatic rings. The normalized spacial score (nSPS) is 16.2. The Morgan fingerprint density at radius 3 is 2.41 bits per heavy atom. The highest BCUT2D eigenvalue weighted by Crippen LogP contribution is 2.35. The van der Waals surface area contributed by atoms with Crippen molar-refractivity contribution in [2.45, 2.75) is 38.9 Å². The minimum absolute atomic E-state index is 0.130. The van der Waals surface area contributed by atoms with Crippen molar-refractivity contribution in [2.24, 2.45) is 5.73 Å². The number of nitrogens with one attached hydrogen (secondary N) is 2. The van der Waals surface area contributed by atoms with Crippen LogP contribution in [0.1, 0.15) is 24.5 Å². The molecule has 0 saturated carbocycles. The van der Waals surface area contributed by atoms with Gasteiger partial charge in [-0.1, -0.05) is 48.5 Å². The van der Waals surface area contributed by atoms with Gasteiger partial charge in [0.1, 0.15) is 12.5 Å². The number of carbonyl (C=O) groups excluding carboxylic acids is 4. The number of nitrogens with two attached hydrogens (primary N) is 1. The lowest BCUT2D eigenvalue weighted by Gasteiger charge is -2.27. The number of aryl methyl sites for hydroxylation is 1. The van der Waals surface area contributed by atoms with Gasteiger partial charge in [0.15, 0.2) is 0 Å². The van der Waals surface area contributed by atoms with Crippen LogP contribution in [-0.4, -0.2) is 49.3 Å². The second-order valence-electron chi connectivity index (χ2n) is 9.21. The van der Waals surface area contributed by atoms with Crippen LogP contribution >= 0.6 is 0 Å². The fourth-order valence-electron chi connectivity index (χ4n) is 4.58. The average molecular weight is 502 g/mol. The molecule has 0 aromatic heterocycles. The maximum atomic E-state index is 14.1. The molecule has 4 rings (SSSR count). The molecule has 0 aliphatic carbocycles. The summed E-state index contributed by atoms with van der Waals surface area (Å²) in [6, 6.07) is 17.5. The van der Waals surface area contributed by atoms with Gasteiger partial charge in [-0.2, -0.15) is 0 Å². The Kier molecular flexibility index (Phi) is 7.54. The smallest absolute Gasteiger partial charge is 0.251 e. The second-order valence-corrected chi connectivity index (χ2v) is 9.21. The van der Waals surface area contributed by atoms with Gasteiger partial charge in [-0.05, 0) is 54.9 Å². The van der Waals surface area contributed by atoms with Gasteiger partial charge in [-0.15, -0.1) is 0 Å². The van der Waals surface area contributed by atoms with E-state index in [0.717, 1.165) is 21.9 Å². The highest BCUT2D eigenvalue weighted by Gasteiger charge is 2.37. The van der Waals surface area contributed by atoms with E-state index < -0.39 is 30.3 Å². The van der Waals surface area contributed by atoms with E-state index >= 15 is 0 Å². The van der Waals surface area contributed by atoms with Crippen molar-refractivity contribution in [3.8, 4) is 0 Å². The molecule has 4 amide bonds. The largest absolute Gasteiger partial charge is 0.369 e. The SMILES string of the molecule is CN[C@@H](C)C(=O)N[C@H]1CN(C(=O)CC(N)=O)c2ccccc2N(Cc2c(C)ccc3ccccc23)C1=O. The minimum Gasteiger partial charge on any atom is -0.369 e. The Morgan fingerprint density at radius 1 is 1.03 bits per heavy atom. The summed E-state index contributed by atoms with van der Waals surface area (Å²) < 4.78 is 0. The Morgan fingerprint density at radius 2 is 1.70 bits per heavy atom. The third-order valence-electron chi connectivity index (χ3n) is 6.75. The van der Waals surface area contributed by atoms with Crippen LogP contribution in [0.25, 0.3) is 10.8 Å². The van der Waals surface area contributed by atoms with Crippen LogP contribution < -0.4 is 26.2 Å². The fourth-order valence-corrected chi connectivity index (χ4v) is 4.58. The number of likely N-dealkylation sites (N-methyl/N-ethyl adjacent to an activating group) is 1. The van der Waals surface area contributed by atoms with Gasteiger partial charge in [0.25, 0.3) is 5.91 Å². The first kappa shape index (κ1) is 25.8. The number of anilines is 2. The summed E-state index contributed by atoms with van der Waals surface area (Å²) in [4.78, 5) is 54.5. The van der Waals surface area contributed by atoms with Crippen molar-refractivity contribution < 1.29 is 19.2 Å². The van der Waals surface area contributed by atoms with E-state index in [9.17, 15) is 19.2 Å². The summed E-state index contributed by atoms with van der Waals surface area (Å²) in [6.07, 6.45) is -0.515. The molecule has 0 radical (unpaired) electrons.